The van der Waals surface area contributed by atoms with Crippen molar-refractivity contribution >= 4 is 0 Å². The SMILES string of the molecule is CN(CCO)CCC(N)C(C)(C)C. The summed E-state index contributed by atoms with van der Waals surface area (Å²) in [7, 11) is 2.01. The number of rotatable bonds is 5. The van der Waals surface area contributed by atoms with Crippen molar-refractivity contribution in [1.82, 2.24) is 4.90 Å². The quantitative estimate of drug-likeness (QED) is 0.667. The van der Waals surface area contributed by atoms with Gasteiger partial charge in [-0.05, 0) is 25.4 Å². The van der Waals surface area contributed by atoms with Crippen LogP contribution in [0.25, 0.3) is 0 Å². The van der Waals surface area contributed by atoms with Gasteiger partial charge in [0.05, 0.1) is 6.61 Å². The summed E-state index contributed by atoms with van der Waals surface area (Å²) in [5.41, 5.74) is 6.19. The minimum Gasteiger partial charge on any atom is -0.395 e. The van der Waals surface area contributed by atoms with Gasteiger partial charge in [0.2, 0.25) is 0 Å². The Morgan fingerprint density at radius 3 is 2.23 bits per heavy atom. The fourth-order valence-corrected chi connectivity index (χ4v) is 1.07. The molecule has 0 saturated heterocycles. The summed E-state index contributed by atoms with van der Waals surface area (Å²) in [5, 5.41) is 8.69. The van der Waals surface area contributed by atoms with Gasteiger partial charge in [-0.3, -0.25) is 0 Å². The zero-order valence-electron chi connectivity index (χ0n) is 9.38. The lowest BCUT2D eigenvalue weighted by Crippen LogP contribution is -2.38. The van der Waals surface area contributed by atoms with Crippen LogP contribution in [0.2, 0.25) is 0 Å². The third-order valence-corrected chi connectivity index (χ3v) is 2.42. The van der Waals surface area contributed by atoms with E-state index in [2.05, 4.69) is 25.7 Å². The van der Waals surface area contributed by atoms with Gasteiger partial charge in [-0.25, -0.2) is 0 Å². The molecule has 0 heterocycles. The first-order chi connectivity index (χ1) is 5.88. The zero-order valence-corrected chi connectivity index (χ0v) is 9.38. The molecule has 0 bridgehead atoms. The molecular weight excluding hydrogens is 164 g/mol. The van der Waals surface area contributed by atoms with Crippen LogP contribution in [0.5, 0.6) is 0 Å². The Kier molecular flexibility index (Phi) is 5.53. The van der Waals surface area contributed by atoms with E-state index in [-0.39, 0.29) is 18.1 Å². The zero-order chi connectivity index (χ0) is 10.5. The van der Waals surface area contributed by atoms with Crippen LogP contribution < -0.4 is 5.73 Å². The standard InChI is InChI=1S/C10H24N2O/c1-10(2,3)9(11)5-6-12(4)7-8-13/h9,13H,5-8,11H2,1-4H3. The summed E-state index contributed by atoms with van der Waals surface area (Å²) < 4.78 is 0. The third-order valence-electron chi connectivity index (χ3n) is 2.42. The maximum Gasteiger partial charge on any atom is 0.0558 e. The topological polar surface area (TPSA) is 49.5 Å². The second-order valence-electron chi connectivity index (χ2n) is 4.79. The van der Waals surface area contributed by atoms with E-state index >= 15 is 0 Å². The van der Waals surface area contributed by atoms with Crippen molar-refractivity contribution in [2.45, 2.75) is 33.2 Å². The molecule has 0 aliphatic rings. The Bertz CT molecular complexity index is 131. The molecule has 0 saturated carbocycles. The molecule has 1 atom stereocenters. The highest BCUT2D eigenvalue weighted by atomic mass is 16.3. The maximum atomic E-state index is 8.69. The summed E-state index contributed by atoms with van der Waals surface area (Å²) in [6, 6.07) is 0.230. The highest BCUT2D eigenvalue weighted by Crippen LogP contribution is 2.19. The Morgan fingerprint density at radius 2 is 1.85 bits per heavy atom. The average molecular weight is 188 g/mol. The van der Waals surface area contributed by atoms with E-state index in [1.165, 1.54) is 0 Å². The molecule has 0 aromatic heterocycles. The van der Waals surface area contributed by atoms with Crippen LogP contribution in [-0.2, 0) is 0 Å². The molecule has 3 heteroatoms. The van der Waals surface area contributed by atoms with Gasteiger partial charge in [0.15, 0.2) is 0 Å². The van der Waals surface area contributed by atoms with Gasteiger partial charge < -0.3 is 15.7 Å². The van der Waals surface area contributed by atoms with Gasteiger partial charge in [0.1, 0.15) is 0 Å². The predicted octanol–water partition coefficient (Wildman–Crippen LogP) is 0.674. The molecule has 0 aromatic carbocycles. The van der Waals surface area contributed by atoms with Gasteiger partial charge in [-0.15, -0.1) is 0 Å². The maximum absolute atomic E-state index is 8.69. The molecule has 3 nitrogen and oxygen atoms in total. The van der Waals surface area contributed by atoms with Gasteiger partial charge >= 0.3 is 0 Å². The van der Waals surface area contributed by atoms with E-state index in [4.69, 9.17) is 10.8 Å². The lowest BCUT2D eigenvalue weighted by molar-refractivity contribution is 0.204. The number of nitrogens with zero attached hydrogens (tertiary/aromatic N) is 1. The number of aliphatic hydroxyl groups excluding tert-OH is 1. The highest BCUT2D eigenvalue weighted by Gasteiger charge is 2.20. The fraction of sp³-hybridized carbons (Fsp3) is 1.00. The van der Waals surface area contributed by atoms with Crippen LogP contribution in [0.3, 0.4) is 0 Å². The largest absolute Gasteiger partial charge is 0.395 e. The van der Waals surface area contributed by atoms with Crippen LogP contribution in [0.4, 0.5) is 0 Å². The van der Waals surface area contributed by atoms with Crippen LogP contribution in [0, 0.1) is 5.41 Å². The summed E-state index contributed by atoms with van der Waals surface area (Å²) in [5.74, 6) is 0. The van der Waals surface area contributed by atoms with E-state index in [1.54, 1.807) is 0 Å². The third kappa shape index (κ3) is 6.02. The summed E-state index contributed by atoms with van der Waals surface area (Å²) in [6.45, 7) is 8.38. The Labute approximate surface area is 81.9 Å². The first-order valence-corrected chi connectivity index (χ1v) is 4.93. The van der Waals surface area contributed by atoms with Gasteiger partial charge in [0, 0.05) is 12.6 Å². The minimum atomic E-state index is 0.181. The molecule has 0 rings (SSSR count). The summed E-state index contributed by atoms with van der Waals surface area (Å²) in [4.78, 5) is 2.10. The minimum absolute atomic E-state index is 0.181. The highest BCUT2D eigenvalue weighted by molar-refractivity contribution is 4.77. The molecule has 13 heavy (non-hydrogen) atoms. The molecule has 0 aliphatic carbocycles. The number of likely N-dealkylation sites (N-methyl/N-ethyl adjacent to an activating group) is 1. The Balaban J connectivity index is 3.63. The fourth-order valence-electron chi connectivity index (χ4n) is 1.07. The number of nitrogens with two attached hydrogens (primary N) is 1. The van der Waals surface area contributed by atoms with Gasteiger partial charge in [-0.2, -0.15) is 0 Å². The molecule has 0 fully saturated rings. The van der Waals surface area contributed by atoms with E-state index in [0.29, 0.717) is 0 Å². The van der Waals surface area contributed by atoms with Crippen LogP contribution in [0.15, 0.2) is 0 Å². The summed E-state index contributed by atoms with van der Waals surface area (Å²) >= 11 is 0. The van der Waals surface area contributed by atoms with Crippen molar-refractivity contribution in [1.29, 1.82) is 0 Å². The second-order valence-corrected chi connectivity index (χ2v) is 4.79. The van der Waals surface area contributed by atoms with Gasteiger partial charge in [-0.1, -0.05) is 20.8 Å². The van der Waals surface area contributed by atoms with Crippen LogP contribution in [0.1, 0.15) is 27.2 Å². The monoisotopic (exact) mass is 188 g/mol. The number of hydrogen-bond acceptors (Lipinski definition) is 3. The Hall–Kier alpha value is -0.120. The first kappa shape index (κ1) is 12.9. The van der Waals surface area contributed by atoms with E-state index in [0.717, 1.165) is 19.5 Å². The smallest absolute Gasteiger partial charge is 0.0558 e. The lowest BCUT2D eigenvalue weighted by Gasteiger charge is -2.28. The second kappa shape index (κ2) is 5.58. The molecule has 1 unspecified atom stereocenters. The van der Waals surface area contributed by atoms with E-state index in [9.17, 15) is 0 Å². The normalized spacial score (nSPS) is 15.0. The van der Waals surface area contributed by atoms with Gasteiger partial charge in [0.25, 0.3) is 0 Å². The molecule has 0 amide bonds. The lowest BCUT2D eigenvalue weighted by atomic mass is 9.85. The molecule has 0 aliphatic heterocycles. The van der Waals surface area contributed by atoms with E-state index < -0.39 is 0 Å². The first-order valence-electron chi connectivity index (χ1n) is 4.93. The molecule has 0 aromatic rings. The number of hydrogen-bond donors (Lipinski definition) is 2. The summed E-state index contributed by atoms with van der Waals surface area (Å²) in [6.07, 6.45) is 0.986. The molecule has 80 valence electrons. The average Bonchev–Trinajstić information content (AvgIpc) is 1.99. The van der Waals surface area contributed by atoms with Crippen LogP contribution in [-0.4, -0.2) is 42.8 Å². The molecular formula is C10H24N2O. The van der Waals surface area contributed by atoms with Crippen molar-refractivity contribution < 1.29 is 5.11 Å². The molecule has 0 spiro atoms. The van der Waals surface area contributed by atoms with Crippen molar-refractivity contribution in [3.63, 3.8) is 0 Å². The number of aliphatic hydroxyl groups is 1. The predicted molar refractivity (Wildman–Crippen MR) is 56.6 cm³/mol. The van der Waals surface area contributed by atoms with Crippen molar-refractivity contribution in [3.8, 4) is 0 Å². The molecule has 3 N–H and O–H groups in total. The van der Waals surface area contributed by atoms with E-state index in [1.807, 2.05) is 7.05 Å². The Morgan fingerprint density at radius 1 is 1.31 bits per heavy atom. The van der Waals surface area contributed by atoms with Crippen LogP contribution >= 0.6 is 0 Å². The van der Waals surface area contributed by atoms with Crippen molar-refractivity contribution in [2.24, 2.45) is 11.1 Å². The molecule has 0 radical (unpaired) electrons. The van der Waals surface area contributed by atoms with Crippen molar-refractivity contribution in [3.05, 3.63) is 0 Å². The van der Waals surface area contributed by atoms with Crippen molar-refractivity contribution in [2.75, 3.05) is 26.7 Å².